The van der Waals surface area contributed by atoms with Gasteiger partial charge in [-0.15, -0.1) is 0 Å². The summed E-state index contributed by atoms with van der Waals surface area (Å²) < 4.78 is 37.3. The van der Waals surface area contributed by atoms with Gasteiger partial charge in [0.2, 0.25) is 5.91 Å². The number of carboxylic acids is 1. The Morgan fingerprint density at radius 2 is 1.84 bits per heavy atom. The first-order valence-electron chi connectivity index (χ1n) is 14.4. The van der Waals surface area contributed by atoms with Crippen molar-refractivity contribution < 1.29 is 32.6 Å². The molecule has 7 rings (SSSR count). The molecule has 228 valence electrons. The van der Waals surface area contributed by atoms with Gasteiger partial charge < -0.3 is 15.2 Å². The monoisotopic (exact) mass is 604 g/mol. The van der Waals surface area contributed by atoms with E-state index < -0.39 is 17.6 Å². The highest BCUT2D eigenvalue weighted by molar-refractivity contribution is 6.09. The third-order valence-electron chi connectivity index (χ3n) is 8.42. The minimum Gasteiger partial charge on any atom is -0.475 e. The average Bonchev–Trinajstić information content (AvgIpc) is 3.63. The molecule has 11 heteroatoms. The van der Waals surface area contributed by atoms with Crippen LogP contribution in [-0.4, -0.2) is 64.6 Å². The van der Waals surface area contributed by atoms with Crippen molar-refractivity contribution in [2.24, 2.45) is 0 Å². The summed E-state index contributed by atoms with van der Waals surface area (Å²) >= 11 is 0. The van der Waals surface area contributed by atoms with Crippen molar-refractivity contribution in [3.8, 4) is 0 Å². The van der Waals surface area contributed by atoms with Gasteiger partial charge in [-0.3, -0.25) is 14.8 Å². The Morgan fingerprint density at radius 1 is 1.07 bits per heavy atom. The number of halogens is 3. The van der Waals surface area contributed by atoms with E-state index >= 15 is 0 Å². The van der Waals surface area contributed by atoms with Crippen LogP contribution in [0, 0.1) is 0 Å². The number of carbonyl (C=O) groups excluding carboxylic acids is 1. The highest BCUT2D eigenvalue weighted by atomic mass is 19.4. The fourth-order valence-electron chi connectivity index (χ4n) is 6.08. The number of amides is 1. The molecule has 0 bridgehead atoms. The average molecular weight is 605 g/mol. The zero-order chi connectivity index (χ0) is 30.9. The smallest absolute Gasteiger partial charge is 0.475 e. The van der Waals surface area contributed by atoms with Crippen LogP contribution in [0.25, 0.3) is 23.1 Å². The van der Waals surface area contributed by atoms with Gasteiger partial charge in [0.05, 0.1) is 23.2 Å². The quantitative estimate of drug-likeness (QED) is 0.259. The van der Waals surface area contributed by atoms with Crippen molar-refractivity contribution in [1.29, 1.82) is 0 Å². The van der Waals surface area contributed by atoms with Crippen molar-refractivity contribution in [1.82, 2.24) is 15.1 Å². The van der Waals surface area contributed by atoms with Gasteiger partial charge in [0.1, 0.15) is 0 Å². The largest absolute Gasteiger partial charge is 0.490 e. The Balaban J connectivity index is 0.000000441. The van der Waals surface area contributed by atoms with Gasteiger partial charge in [0, 0.05) is 43.2 Å². The molecule has 3 aliphatic rings. The summed E-state index contributed by atoms with van der Waals surface area (Å²) in [6.07, 6.45) is 1.05. The standard InChI is InChI=1S/C31H30N4O2.C2HF3O2/c36-30-31(25-4-1-2-5-28(25)32-30)19-26(31)23-11-12-24-27(33-34-29(24)18-23)13-10-21-6-8-22(9-7-21)20-35-14-3-16-37-17-15-35;3-2(4,5)1(6)7/h1-2,4-13,18,26H,3,14-17,19-20H2,(H,32,36)(H,33,34);(H,6,7)/t26-,31-;/m0./s1. The van der Waals surface area contributed by atoms with Gasteiger partial charge in [-0.05, 0) is 53.3 Å². The zero-order valence-corrected chi connectivity index (χ0v) is 23.7. The summed E-state index contributed by atoms with van der Waals surface area (Å²) in [5, 5.41) is 19.1. The van der Waals surface area contributed by atoms with Crippen LogP contribution in [0.3, 0.4) is 0 Å². The van der Waals surface area contributed by atoms with Crippen molar-refractivity contribution >= 4 is 40.6 Å². The first kappa shape index (κ1) is 29.6. The number of alkyl halides is 3. The lowest BCUT2D eigenvalue weighted by molar-refractivity contribution is -0.192. The number of hydrogen-bond acceptors (Lipinski definition) is 5. The molecule has 2 atom stereocenters. The van der Waals surface area contributed by atoms with Crippen LogP contribution in [0.5, 0.6) is 0 Å². The molecule has 0 unspecified atom stereocenters. The molecule has 1 saturated carbocycles. The molecular weight excluding hydrogens is 573 g/mol. The predicted octanol–water partition coefficient (Wildman–Crippen LogP) is 5.97. The van der Waals surface area contributed by atoms with E-state index in [4.69, 9.17) is 14.6 Å². The maximum Gasteiger partial charge on any atom is 0.490 e. The Kier molecular flexibility index (Phi) is 8.00. The van der Waals surface area contributed by atoms with Crippen LogP contribution in [0.15, 0.2) is 66.7 Å². The van der Waals surface area contributed by atoms with E-state index in [-0.39, 0.29) is 11.8 Å². The van der Waals surface area contributed by atoms with Crippen molar-refractivity contribution in [3.05, 3.63) is 94.7 Å². The predicted molar refractivity (Wildman–Crippen MR) is 160 cm³/mol. The third kappa shape index (κ3) is 5.97. The summed E-state index contributed by atoms with van der Waals surface area (Å²) in [6, 6.07) is 23.3. The number of nitrogens with one attached hydrogen (secondary N) is 2. The van der Waals surface area contributed by atoms with Crippen molar-refractivity contribution in [3.63, 3.8) is 0 Å². The number of benzene rings is 3. The Hall–Kier alpha value is -4.48. The lowest BCUT2D eigenvalue weighted by Gasteiger charge is -2.19. The molecule has 8 nitrogen and oxygen atoms in total. The molecule has 44 heavy (non-hydrogen) atoms. The Labute approximate surface area is 251 Å². The number of H-pyrrole nitrogens is 1. The number of carbonyl (C=O) groups is 2. The molecule has 1 amide bonds. The number of aromatic amines is 1. The molecule has 2 aliphatic heterocycles. The first-order valence-corrected chi connectivity index (χ1v) is 14.4. The van der Waals surface area contributed by atoms with Gasteiger partial charge >= 0.3 is 12.1 Å². The van der Waals surface area contributed by atoms with Crippen LogP contribution in [0.1, 0.15) is 46.7 Å². The Bertz CT molecular complexity index is 1710. The molecule has 3 aromatic carbocycles. The van der Waals surface area contributed by atoms with Gasteiger partial charge in [0.25, 0.3) is 0 Å². The molecule has 4 aromatic rings. The topological polar surface area (TPSA) is 108 Å². The molecule has 2 fully saturated rings. The van der Waals surface area contributed by atoms with Gasteiger partial charge in [-0.2, -0.15) is 18.3 Å². The second-order valence-electron chi connectivity index (χ2n) is 11.3. The minimum atomic E-state index is -5.08. The fraction of sp³-hybridized carbons (Fsp3) is 0.303. The lowest BCUT2D eigenvalue weighted by Crippen LogP contribution is -2.25. The van der Waals surface area contributed by atoms with Crippen LogP contribution in [0.2, 0.25) is 0 Å². The normalized spacial score (nSPS) is 21.5. The van der Waals surface area contributed by atoms with Crippen LogP contribution >= 0.6 is 0 Å². The molecule has 0 radical (unpaired) electrons. The summed E-state index contributed by atoms with van der Waals surface area (Å²) in [6.45, 7) is 4.76. The van der Waals surface area contributed by atoms with E-state index in [1.54, 1.807) is 0 Å². The van der Waals surface area contributed by atoms with E-state index in [9.17, 15) is 18.0 Å². The van der Waals surface area contributed by atoms with Gasteiger partial charge in [-0.25, -0.2) is 4.79 Å². The molecular formula is C33H31F3N4O4. The van der Waals surface area contributed by atoms with E-state index in [2.05, 4.69) is 81.1 Å². The molecule has 3 N–H and O–H groups in total. The number of nitrogens with zero attached hydrogens (tertiary/aromatic N) is 2. The number of ether oxygens (including phenoxy) is 1. The second-order valence-corrected chi connectivity index (χ2v) is 11.3. The third-order valence-corrected chi connectivity index (χ3v) is 8.42. The number of rotatable bonds is 5. The summed E-state index contributed by atoms with van der Waals surface area (Å²) in [5.41, 5.74) is 7.26. The Morgan fingerprint density at radius 3 is 2.61 bits per heavy atom. The number of hydrogen-bond donors (Lipinski definition) is 3. The maximum absolute atomic E-state index is 12.9. The molecule has 1 aliphatic carbocycles. The van der Waals surface area contributed by atoms with E-state index in [0.29, 0.717) is 0 Å². The van der Waals surface area contributed by atoms with Crippen LogP contribution in [0.4, 0.5) is 18.9 Å². The number of para-hydroxylation sites is 1. The van der Waals surface area contributed by atoms with E-state index in [1.165, 1.54) is 11.1 Å². The SMILES string of the molecule is O=C(O)C(F)(F)F.O=C1Nc2ccccc2[C@]12C[C@H]2c1ccc2c(C=Cc3ccc(CN4CCCOCC4)cc3)n[nH]c2c1. The molecule has 1 aromatic heterocycles. The molecule has 1 spiro atoms. The summed E-state index contributed by atoms with van der Waals surface area (Å²) in [5.74, 6) is -2.44. The highest BCUT2D eigenvalue weighted by Gasteiger charge is 2.65. The maximum atomic E-state index is 12.9. The first-order chi connectivity index (χ1) is 21.1. The van der Waals surface area contributed by atoms with Crippen LogP contribution in [-0.2, 0) is 26.3 Å². The van der Waals surface area contributed by atoms with Gasteiger partial charge in [0.15, 0.2) is 0 Å². The minimum absolute atomic E-state index is 0.124. The van der Waals surface area contributed by atoms with Crippen molar-refractivity contribution in [2.45, 2.75) is 36.9 Å². The number of aromatic nitrogens is 2. The van der Waals surface area contributed by atoms with Crippen LogP contribution < -0.4 is 5.32 Å². The summed E-state index contributed by atoms with van der Waals surface area (Å²) in [7, 11) is 0. The highest BCUT2D eigenvalue weighted by Crippen LogP contribution is 2.65. The number of fused-ring (bicyclic) bond motifs is 3. The van der Waals surface area contributed by atoms with E-state index in [1.807, 2.05) is 18.2 Å². The fourth-order valence-corrected chi connectivity index (χ4v) is 6.08. The number of anilines is 1. The van der Waals surface area contributed by atoms with Crippen molar-refractivity contribution in [2.75, 3.05) is 31.6 Å². The van der Waals surface area contributed by atoms with Gasteiger partial charge in [-0.1, -0.05) is 60.7 Å². The number of carboxylic acid groups (broad SMARTS) is 1. The second kappa shape index (κ2) is 11.9. The number of aliphatic carboxylic acids is 1. The zero-order valence-electron chi connectivity index (χ0n) is 23.7. The lowest BCUT2D eigenvalue weighted by atomic mass is 9.92. The summed E-state index contributed by atoms with van der Waals surface area (Å²) in [4.78, 5) is 24.2. The van der Waals surface area contributed by atoms with E-state index in [0.717, 1.165) is 79.1 Å². The molecule has 3 heterocycles. The molecule has 1 saturated heterocycles.